The van der Waals surface area contributed by atoms with Crippen LogP contribution >= 0.6 is 0 Å². The molecule has 0 aliphatic heterocycles. The summed E-state index contributed by atoms with van der Waals surface area (Å²) in [5.41, 5.74) is 0. The third-order valence-electron chi connectivity index (χ3n) is 3.12. The van der Waals surface area contributed by atoms with E-state index in [1.165, 1.54) is 7.11 Å². The normalized spacial score (nSPS) is 17.3. The van der Waals surface area contributed by atoms with Crippen LogP contribution in [0, 0.1) is 23.2 Å². The van der Waals surface area contributed by atoms with E-state index in [2.05, 4.69) is 6.07 Å². The van der Waals surface area contributed by atoms with Gasteiger partial charge in [0.05, 0.1) is 18.8 Å². The number of ether oxygens (including phenoxy) is 2. The Balaban J connectivity index is 4.83. The minimum Gasteiger partial charge on any atom is -0.462 e. The molecule has 0 amide bonds. The summed E-state index contributed by atoms with van der Waals surface area (Å²) < 4.78 is 10.5. The highest BCUT2D eigenvalue weighted by Crippen LogP contribution is 2.24. The zero-order chi connectivity index (χ0) is 14.1. The van der Waals surface area contributed by atoms with Crippen molar-refractivity contribution >= 4 is 5.97 Å². The second-order valence-electron chi connectivity index (χ2n) is 4.46. The average molecular weight is 257 g/mol. The first kappa shape index (κ1) is 16.9. The summed E-state index contributed by atoms with van der Waals surface area (Å²) in [5.74, 6) is -0.562. The minimum atomic E-state index is -0.422. The highest BCUT2D eigenvalue weighted by molar-refractivity contribution is 5.69. The van der Waals surface area contributed by atoms with Crippen LogP contribution in [-0.2, 0) is 14.3 Å². The summed E-state index contributed by atoms with van der Waals surface area (Å²) >= 11 is 0. The number of hydrogen-bond acceptors (Lipinski definition) is 5. The Kier molecular flexibility index (Phi) is 8.34. The summed E-state index contributed by atoms with van der Waals surface area (Å²) in [6.45, 7) is 5.29. The Morgan fingerprint density at radius 2 is 2.06 bits per heavy atom. The standard InChI is InChI=1S/C13H23NO4/c1-5-12(16)18-13(9(2)6-7-14)10(3)11(8-15)17-4/h9-11,13,15H,5-6,8H2,1-4H3/t9-,10-,11+,13-/m1/s1. The molecule has 0 spiro atoms. The van der Waals surface area contributed by atoms with E-state index in [0.29, 0.717) is 12.8 Å². The van der Waals surface area contributed by atoms with Gasteiger partial charge in [-0.1, -0.05) is 20.8 Å². The van der Waals surface area contributed by atoms with Crippen molar-refractivity contribution in [1.29, 1.82) is 5.26 Å². The fourth-order valence-electron chi connectivity index (χ4n) is 1.90. The van der Waals surface area contributed by atoms with Gasteiger partial charge in [0.25, 0.3) is 0 Å². The Hall–Kier alpha value is -1.12. The minimum absolute atomic E-state index is 0.0929. The zero-order valence-electron chi connectivity index (χ0n) is 11.5. The third-order valence-corrected chi connectivity index (χ3v) is 3.12. The average Bonchev–Trinajstić information content (AvgIpc) is 2.36. The second kappa shape index (κ2) is 8.90. The van der Waals surface area contributed by atoms with E-state index >= 15 is 0 Å². The van der Waals surface area contributed by atoms with Crippen molar-refractivity contribution in [3.8, 4) is 6.07 Å². The molecule has 0 heterocycles. The van der Waals surface area contributed by atoms with Gasteiger partial charge in [0.15, 0.2) is 0 Å². The largest absolute Gasteiger partial charge is 0.462 e. The first-order chi connectivity index (χ1) is 8.51. The molecule has 0 saturated carbocycles. The van der Waals surface area contributed by atoms with Gasteiger partial charge in [-0.05, 0) is 0 Å². The van der Waals surface area contributed by atoms with E-state index in [0.717, 1.165) is 0 Å². The molecule has 4 atom stereocenters. The number of carbonyl (C=O) groups is 1. The van der Waals surface area contributed by atoms with Gasteiger partial charge in [0.1, 0.15) is 6.10 Å². The molecule has 0 unspecified atom stereocenters. The predicted molar refractivity (Wildman–Crippen MR) is 66.6 cm³/mol. The molecule has 5 heteroatoms. The number of nitriles is 1. The molecule has 0 aliphatic rings. The lowest BCUT2D eigenvalue weighted by Gasteiger charge is -2.32. The maximum Gasteiger partial charge on any atom is 0.305 e. The van der Waals surface area contributed by atoms with Crippen LogP contribution in [-0.4, -0.2) is 37.0 Å². The lowest BCUT2D eigenvalue weighted by atomic mass is 9.87. The maximum atomic E-state index is 11.4. The van der Waals surface area contributed by atoms with E-state index in [-0.39, 0.29) is 24.4 Å². The van der Waals surface area contributed by atoms with Gasteiger partial charge in [-0.15, -0.1) is 0 Å². The third kappa shape index (κ3) is 5.03. The van der Waals surface area contributed by atoms with Crippen LogP contribution in [0.5, 0.6) is 0 Å². The number of nitrogens with zero attached hydrogens (tertiary/aromatic N) is 1. The summed E-state index contributed by atoms with van der Waals surface area (Å²) in [7, 11) is 1.51. The molecular weight excluding hydrogens is 234 g/mol. The number of aliphatic hydroxyl groups is 1. The summed E-state index contributed by atoms with van der Waals surface area (Å²) in [4.78, 5) is 11.4. The number of rotatable bonds is 8. The topological polar surface area (TPSA) is 79.6 Å². The zero-order valence-corrected chi connectivity index (χ0v) is 11.5. The van der Waals surface area contributed by atoms with Gasteiger partial charge in [-0.3, -0.25) is 4.79 Å². The molecule has 0 fully saturated rings. The van der Waals surface area contributed by atoms with Crippen LogP contribution in [0.25, 0.3) is 0 Å². The van der Waals surface area contributed by atoms with Crippen LogP contribution in [0.1, 0.15) is 33.6 Å². The Morgan fingerprint density at radius 1 is 1.44 bits per heavy atom. The van der Waals surface area contributed by atoms with Crippen molar-refractivity contribution in [3.63, 3.8) is 0 Å². The monoisotopic (exact) mass is 257 g/mol. The summed E-state index contributed by atoms with van der Waals surface area (Å²) in [5, 5.41) is 18.0. The van der Waals surface area contributed by atoms with Gasteiger partial charge in [0.2, 0.25) is 0 Å². The molecule has 0 bridgehead atoms. The van der Waals surface area contributed by atoms with E-state index in [1.54, 1.807) is 6.92 Å². The van der Waals surface area contributed by atoms with E-state index in [1.807, 2.05) is 13.8 Å². The summed E-state index contributed by atoms with van der Waals surface area (Å²) in [6.07, 6.45) is -0.234. The molecule has 0 aromatic carbocycles. The number of carbonyl (C=O) groups excluding carboxylic acids is 1. The van der Waals surface area contributed by atoms with Crippen LogP contribution in [0.4, 0.5) is 0 Å². The molecule has 0 aliphatic carbocycles. The molecule has 0 radical (unpaired) electrons. The van der Waals surface area contributed by atoms with Crippen molar-refractivity contribution in [2.75, 3.05) is 13.7 Å². The predicted octanol–water partition coefficient (Wildman–Crippen LogP) is 1.50. The van der Waals surface area contributed by atoms with E-state index in [9.17, 15) is 9.90 Å². The number of aliphatic hydroxyl groups excluding tert-OH is 1. The van der Waals surface area contributed by atoms with Crippen molar-refractivity contribution < 1.29 is 19.4 Å². The van der Waals surface area contributed by atoms with Gasteiger partial charge < -0.3 is 14.6 Å². The van der Waals surface area contributed by atoms with E-state index < -0.39 is 12.2 Å². The first-order valence-electron chi connectivity index (χ1n) is 6.21. The first-order valence-corrected chi connectivity index (χ1v) is 6.21. The van der Waals surface area contributed by atoms with Crippen molar-refractivity contribution in [3.05, 3.63) is 0 Å². The van der Waals surface area contributed by atoms with E-state index in [4.69, 9.17) is 14.7 Å². The van der Waals surface area contributed by atoms with Crippen molar-refractivity contribution in [2.45, 2.75) is 45.8 Å². The smallest absolute Gasteiger partial charge is 0.305 e. The highest BCUT2D eigenvalue weighted by atomic mass is 16.5. The lowest BCUT2D eigenvalue weighted by Crippen LogP contribution is -2.40. The summed E-state index contributed by atoms with van der Waals surface area (Å²) in [6, 6.07) is 2.07. The van der Waals surface area contributed by atoms with Crippen LogP contribution in [0.15, 0.2) is 0 Å². The van der Waals surface area contributed by atoms with Crippen LogP contribution < -0.4 is 0 Å². The molecule has 104 valence electrons. The quantitative estimate of drug-likeness (QED) is 0.667. The van der Waals surface area contributed by atoms with Gasteiger partial charge in [-0.25, -0.2) is 0 Å². The van der Waals surface area contributed by atoms with Crippen LogP contribution in [0.2, 0.25) is 0 Å². The lowest BCUT2D eigenvalue weighted by molar-refractivity contribution is -0.158. The fourth-order valence-corrected chi connectivity index (χ4v) is 1.90. The number of methoxy groups -OCH3 is 1. The molecule has 1 N–H and O–H groups in total. The van der Waals surface area contributed by atoms with Crippen molar-refractivity contribution in [2.24, 2.45) is 11.8 Å². The van der Waals surface area contributed by atoms with Gasteiger partial charge >= 0.3 is 5.97 Å². The molecule has 0 saturated heterocycles. The number of esters is 1. The molecule has 0 aromatic heterocycles. The molecule has 5 nitrogen and oxygen atoms in total. The SMILES string of the molecule is CCC(=O)O[C@@H]([C@H](C)[C@H](CO)OC)[C@H](C)CC#N. The second-order valence-corrected chi connectivity index (χ2v) is 4.46. The number of hydrogen-bond donors (Lipinski definition) is 1. The van der Waals surface area contributed by atoms with Crippen LogP contribution in [0.3, 0.4) is 0 Å². The Bertz CT molecular complexity index is 283. The molecule has 18 heavy (non-hydrogen) atoms. The Morgan fingerprint density at radius 3 is 2.44 bits per heavy atom. The Labute approximate surface area is 109 Å². The highest BCUT2D eigenvalue weighted by Gasteiger charge is 2.32. The molecule has 0 aromatic rings. The maximum absolute atomic E-state index is 11.4. The van der Waals surface area contributed by atoms with Gasteiger partial charge in [0, 0.05) is 31.8 Å². The fraction of sp³-hybridized carbons (Fsp3) is 0.846. The molecular formula is C13H23NO4. The molecule has 0 rings (SSSR count). The van der Waals surface area contributed by atoms with Crippen molar-refractivity contribution in [1.82, 2.24) is 0 Å². The van der Waals surface area contributed by atoms with Gasteiger partial charge in [-0.2, -0.15) is 5.26 Å².